The SMILES string of the molecule is CC(NC(=O)c1ccc(C(C)(C)C)cc1)C(=O)Nc1nc(CC23CC4CC(CC(C4)C2)C3)cs1. The molecule has 5 nitrogen and oxygen atoms in total. The molecule has 4 aliphatic carbocycles. The molecule has 2 aromatic rings. The zero-order chi connectivity index (χ0) is 24.1. The second kappa shape index (κ2) is 8.78. The van der Waals surface area contributed by atoms with E-state index in [1.807, 2.05) is 24.3 Å². The van der Waals surface area contributed by atoms with Crippen molar-refractivity contribution in [1.29, 1.82) is 0 Å². The van der Waals surface area contributed by atoms with Crippen LogP contribution in [0.4, 0.5) is 5.13 Å². The van der Waals surface area contributed by atoms with Gasteiger partial charge in [-0.1, -0.05) is 32.9 Å². The van der Waals surface area contributed by atoms with Crippen molar-refractivity contribution in [3.8, 4) is 0 Å². The lowest BCUT2D eigenvalue weighted by atomic mass is 9.48. The summed E-state index contributed by atoms with van der Waals surface area (Å²) >= 11 is 1.49. The molecule has 0 saturated heterocycles. The Morgan fingerprint density at radius 1 is 1.06 bits per heavy atom. The van der Waals surface area contributed by atoms with Gasteiger partial charge in [-0.2, -0.15) is 0 Å². The molecule has 1 unspecified atom stereocenters. The highest BCUT2D eigenvalue weighted by Gasteiger charge is 2.50. The Morgan fingerprint density at radius 2 is 1.65 bits per heavy atom. The van der Waals surface area contributed by atoms with Crippen molar-refractivity contribution in [2.45, 2.75) is 84.1 Å². The Labute approximate surface area is 207 Å². The van der Waals surface area contributed by atoms with Crippen LogP contribution in [0.25, 0.3) is 0 Å². The molecule has 6 rings (SSSR count). The van der Waals surface area contributed by atoms with Crippen LogP contribution in [-0.4, -0.2) is 22.8 Å². The van der Waals surface area contributed by atoms with Crippen molar-refractivity contribution in [3.05, 3.63) is 46.5 Å². The van der Waals surface area contributed by atoms with Crippen molar-refractivity contribution in [1.82, 2.24) is 10.3 Å². The van der Waals surface area contributed by atoms with Crippen LogP contribution in [0.3, 0.4) is 0 Å². The zero-order valence-electron chi connectivity index (χ0n) is 20.8. The van der Waals surface area contributed by atoms with Gasteiger partial charge in [0.15, 0.2) is 5.13 Å². The lowest BCUT2D eigenvalue weighted by Crippen LogP contribution is -2.47. The van der Waals surface area contributed by atoms with Crippen molar-refractivity contribution in [3.63, 3.8) is 0 Å². The number of benzene rings is 1. The minimum Gasteiger partial charge on any atom is -0.341 e. The number of amides is 2. The molecule has 1 heterocycles. The monoisotopic (exact) mass is 479 g/mol. The Morgan fingerprint density at radius 3 is 2.21 bits per heavy atom. The summed E-state index contributed by atoms with van der Waals surface area (Å²) in [4.78, 5) is 30.1. The van der Waals surface area contributed by atoms with Crippen LogP contribution in [0.15, 0.2) is 29.6 Å². The number of anilines is 1. The van der Waals surface area contributed by atoms with Gasteiger partial charge in [0.1, 0.15) is 6.04 Å². The molecule has 4 bridgehead atoms. The van der Waals surface area contributed by atoms with Gasteiger partial charge in [0.25, 0.3) is 5.91 Å². The molecule has 0 radical (unpaired) electrons. The Kier molecular flexibility index (Phi) is 6.07. The molecule has 34 heavy (non-hydrogen) atoms. The number of carbonyl (C=O) groups excluding carboxylic acids is 2. The molecule has 4 aliphatic rings. The van der Waals surface area contributed by atoms with Crippen LogP contribution < -0.4 is 10.6 Å². The first-order chi connectivity index (χ1) is 16.1. The summed E-state index contributed by atoms with van der Waals surface area (Å²) < 4.78 is 0. The predicted octanol–water partition coefficient (Wildman–Crippen LogP) is 5.96. The van der Waals surface area contributed by atoms with Gasteiger partial charge in [-0.25, -0.2) is 4.98 Å². The number of aromatic nitrogens is 1. The average molecular weight is 480 g/mol. The molecule has 1 aromatic heterocycles. The fraction of sp³-hybridized carbons (Fsp3) is 0.607. The molecule has 2 amide bonds. The molecule has 182 valence electrons. The van der Waals surface area contributed by atoms with E-state index in [0.29, 0.717) is 16.1 Å². The van der Waals surface area contributed by atoms with Crippen LogP contribution in [-0.2, 0) is 16.6 Å². The summed E-state index contributed by atoms with van der Waals surface area (Å²) in [6, 6.07) is 6.93. The number of thiazole rings is 1. The summed E-state index contributed by atoms with van der Waals surface area (Å²) in [5.41, 5.74) is 3.30. The molecule has 6 heteroatoms. The second-order valence-corrected chi connectivity index (χ2v) is 13.1. The van der Waals surface area contributed by atoms with E-state index in [2.05, 4.69) is 36.8 Å². The second-order valence-electron chi connectivity index (χ2n) is 12.3. The maximum Gasteiger partial charge on any atom is 0.251 e. The Bertz CT molecular complexity index is 1030. The number of hydrogen-bond donors (Lipinski definition) is 2. The molecular weight excluding hydrogens is 442 g/mol. The summed E-state index contributed by atoms with van der Waals surface area (Å²) in [7, 11) is 0. The third-order valence-electron chi connectivity index (χ3n) is 8.26. The molecule has 4 fully saturated rings. The molecule has 2 N–H and O–H groups in total. The van der Waals surface area contributed by atoms with E-state index in [9.17, 15) is 9.59 Å². The lowest BCUT2D eigenvalue weighted by molar-refractivity contribution is -0.117. The van der Waals surface area contributed by atoms with Crippen molar-refractivity contribution >= 4 is 28.3 Å². The minimum absolute atomic E-state index is 0.0322. The normalized spacial score (nSPS) is 28.5. The van der Waals surface area contributed by atoms with Crippen LogP contribution in [0.1, 0.15) is 87.8 Å². The van der Waals surface area contributed by atoms with Crippen LogP contribution in [0.5, 0.6) is 0 Å². The Balaban J connectivity index is 1.15. The van der Waals surface area contributed by atoms with Crippen molar-refractivity contribution in [2.24, 2.45) is 23.2 Å². The largest absolute Gasteiger partial charge is 0.341 e. The zero-order valence-corrected chi connectivity index (χ0v) is 21.6. The van der Waals surface area contributed by atoms with Gasteiger partial charge in [0.2, 0.25) is 5.91 Å². The van der Waals surface area contributed by atoms with Crippen LogP contribution in [0, 0.1) is 23.2 Å². The van der Waals surface area contributed by atoms with E-state index in [1.165, 1.54) is 55.4 Å². The van der Waals surface area contributed by atoms with Crippen LogP contribution >= 0.6 is 11.3 Å². The van der Waals surface area contributed by atoms with Gasteiger partial charge in [-0.05, 0) is 98.1 Å². The Hall–Kier alpha value is -2.21. The first kappa shape index (κ1) is 23.5. The van der Waals surface area contributed by atoms with E-state index in [-0.39, 0.29) is 17.2 Å². The molecular formula is C28H37N3O2S. The van der Waals surface area contributed by atoms with Crippen molar-refractivity contribution < 1.29 is 9.59 Å². The van der Waals surface area contributed by atoms with Crippen LogP contribution in [0.2, 0.25) is 0 Å². The third kappa shape index (κ3) is 4.93. The summed E-state index contributed by atoms with van der Waals surface area (Å²) in [5.74, 6) is 2.30. The van der Waals surface area contributed by atoms with Gasteiger partial charge in [-0.15, -0.1) is 11.3 Å². The quantitative estimate of drug-likeness (QED) is 0.537. The van der Waals surface area contributed by atoms with Gasteiger partial charge < -0.3 is 10.6 Å². The van der Waals surface area contributed by atoms with Gasteiger partial charge in [-0.3, -0.25) is 9.59 Å². The highest BCUT2D eigenvalue weighted by molar-refractivity contribution is 7.13. The number of rotatable bonds is 6. The van der Waals surface area contributed by atoms with E-state index in [1.54, 1.807) is 6.92 Å². The lowest BCUT2D eigenvalue weighted by Gasteiger charge is -2.56. The molecule has 4 saturated carbocycles. The topological polar surface area (TPSA) is 71.1 Å². The van der Waals surface area contributed by atoms with E-state index >= 15 is 0 Å². The first-order valence-corrected chi connectivity index (χ1v) is 13.6. The fourth-order valence-electron chi connectivity index (χ4n) is 7.02. The summed E-state index contributed by atoms with van der Waals surface area (Å²) in [6.45, 7) is 8.13. The molecule has 1 aromatic carbocycles. The fourth-order valence-corrected chi connectivity index (χ4v) is 7.73. The first-order valence-electron chi connectivity index (χ1n) is 12.8. The highest BCUT2D eigenvalue weighted by Crippen LogP contribution is 2.61. The molecule has 0 spiro atoms. The van der Waals surface area contributed by atoms with E-state index in [0.717, 1.165) is 29.9 Å². The highest BCUT2D eigenvalue weighted by atomic mass is 32.1. The number of carbonyl (C=O) groups is 2. The smallest absolute Gasteiger partial charge is 0.251 e. The average Bonchev–Trinajstić information content (AvgIpc) is 3.18. The minimum atomic E-state index is -0.648. The maximum atomic E-state index is 12.7. The van der Waals surface area contributed by atoms with Crippen molar-refractivity contribution in [2.75, 3.05) is 5.32 Å². The van der Waals surface area contributed by atoms with Gasteiger partial charge in [0.05, 0.1) is 5.69 Å². The third-order valence-corrected chi connectivity index (χ3v) is 9.06. The summed E-state index contributed by atoms with van der Waals surface area (Å²) in [5, 5.41) is 8.45. The maximum absolute atomic E-state index is 12.7. The number of hydrogen-bond acceptors (Lipinski definition) is 4. The number of nitrogens with one attached hydrogen (secondary N) is 2. The van der Waals surface area contributed by atoms with Gasteiger partial charge >= 0.3 is 0 Å². The summed E-state index contributed by atoms with van der Waals surface area (Å²) in [6.07, 6.45) is 9.46. The van der Waals surface area contributed by atoms with E-state index in [4.69, 9.17) is 4.98 Å². The standard InChI is InChI=1S/C28H37N3O2S/c1-17(29-25(33)21-5-7-22(8-6-21)27(2,3)4)24(32)31-26-30-23(16-34-26)15-28-12-18-9-19(13-28)11-20(10-18)14-28/h5-8,16-20H,9-15H2,1-4H3,(H,29,33)(H,30,31,32). The van der Waals surface area contributed by atoms with E-state index < -0.39 is 6.04 Å². The molecule has 1 atom stereocenters. The van der Waals surface area contributed by atoms with Gasteiger partial charge in [0, 0.05) is 10.9 Å². The predicted molar refractivity (Wildman–Crippen MR) is 137 cm³/mol. The molecule has 0 aliphatic heterocycles. The number of nitrogens with zero attached hydrogens (tertiary/aromatic N) is 1.